The Morgan fingerprint density at radius 2 is 0.808 bits per heavy atom. The van der Waals surface area contributed by atoms with Gasteiger partial charge in [-0.3, -0.25) is 20.2 Å². The maximum atomic E-state index is 13.9. The summed E-state index contributed by atoms with van der Waals surface area (Å²) in [5.74, 6) is -1.38. The van der Waals surface area contributed by atoms with Gasteiger partial charge in [-0.2, -0.15) is 0 Å². The molecule has 0 aliphatic heterocycles. The molecule has 0 N–H and O–H groups in total. The summed E-state index contributed by atoms with van der Waals surface area (Å²) in [5, 5.41) is 22.6. The van der Waals surface area contributed by atoms with Crippen LogP contribution in [0.5, 0.6) is 11.5 Å². The largest absolute Gasteiger partial charge is 0.421 e. The third-order valence-electron chi connectivity index (χ3n) is 8.56. The van der Waals surface area contributed by atoms with Gasteiger partial charge < -0.3 is 9.47 Å². The molecule has 0 aliphatic carbocycles. The van der Waals surface area contributed by atoms with E-state index in [9.17, 15) is 29.8 Å². The summed E-state index contributed by atoms with van der Waals surface area (Å²) in [6.45, 7) is 11.5. The zero-order valence-corrected chi connectivity index (χ0v) is 34.8. The van der Waals surface area contributed by atoms with Gasteiger partial charge in [-0.1, -0.05) is 44.0 Å². The highest BCUT2D eigenvalue weighted by atomic mass is 79.9. The van der Waals surface area contributed by atoms with Gasteiger partial charge >= 0.3 is 11.9 Å². The summed E-state index contributed by atoms with van der Waals surface area (Å²) in [7, 11) is 0. The first kappa shape index (κ1) is 39.0. The lowest BCUT2D eigenvalue weighted by Gasteiger charge is -2.26. The number of halogens is 4. The van der Waals surface area contributed by atoms with Crippen LogP contribution >= 0.6 is 63.7 Å². The number of benzene rings is 5. The molecule has 0 heterocycles. The Labute approximate surface area is 332 Å². The summed E-state index contributed by atoms with van der Waals surface area (Å²) >= 11 is 14.9. The summed E-state index contributed by atoms with van der Waals surface area (Å²) < 4.78 is 14.7. The zero-order valence-electron chi connectivity index (χ0n) is 28.4. The second kappa shape index (κ2) is 15.4. The minimum absolute atomic E-state index is 0.0683. The van der Waals surface area contributed by atoms with E-state index in [1.165, 1.54) is 48.5 Å². The van der Waals surface area contributed by atoms with Crippen molar-refractivity contribution in [2.75, 3.05) is 0 Å². The third-order valence-corrected chi connectivity index (χ3v) is 12.5. The van der Waals surface area contributed by atoms with Crippen LogP contribution in [0.4, 0.5) is 11.4 Å². The molecular formula is C38H28Br4N2O8. The highest BCUT2D eigenvalue weighted by Crippen LogP contribution is 2.57. The first-order chi connectivity index (χ1) is 24.4. The van der Waals surface area contributed by atoms with Crippen molar-refractivity contribution in [2.24, 2.45) is 0 Å². The number of carbonyl (C=O) groups is 2. The molecule has 0 amide bonds. The molecule has 10 nitrogen and oxygen atoms in total. The summed E-state index contributed by atoms with van der Waals surface area (Å²) in [4.78, 5) is 49.2. The molecule has 266 valence electrons. The fraction of sp³-hybridized carbons (Fsp3) is 0.158. The third kappa shape index (κ3) is 7.34. The fourth-order valence-corrected chi connectivity index (χ4v) is 8.06. The van der Waals surface area contributed by atoms with Crippen molar-refractivity contribution in [1.29, 1.82) is 0 Å². The Morgan fingerprint density at radius 1 is 0.500 bits per heavy atom. The number of non-ortho nitro benzene ring substituents is 2. The van der Waals surface area contributed by atoms with E-state index in [0.29, 0.717) is 22.3 Å². The van der Waals surface area contributed by atoms with Crippen LogP contribution in [-0.4, -0.2) is 21.8 Å². The van der Waals surface area contributed by atoms with Crippen LogP contribution in [0.15, 0.2) is 78.6 Å². The molecule has 0 bridgehead atoms. The van der Waals surface area contributed by atoms with Crippen molar-refractivity contribution in [2.45, 2.75) is 41.5 Å². The Bertz CT molecular complexity index is 2180. The Kier molecular flexibility index (Phi) is 11.5. The van der Waals surface area contributed by atoms with E-state index >= 15 is 0 Å². The van der Waals surface area contributed by atoms with Gasteiger partial charge in [-0.25, -0.2) is 9.59 Å². The zero-order chi connectivity index (χ0) is 38.3. The second-order valence-electron chi connectivity index (χ2n) is 12.1. The predicted molar refractivity (Wildman–Crippen MR) is 213 cm³/mol. The highest BCUT2D eigenvalue weighted by Gasteiger charge is 2.33. The van der Waals surface area contributed by atoms with Crippen molar-refractivity contribution in [3.63, 3.8) is 0 Å². The molecule has 5 aromatic carbocycles. The highest BCUT2D eigenvalue weighted by molar-refractivity contribution is 9.11. The average molecular weight is 960 g/mol. The number of nitro groups is 2. The van der Waals surface area contributed by atoms with Crippen molar-refractivity contribution >= 4 is 87.0 Å². The summed E-state index contributed by atoms with van der Waals surface area (Å²) in [5.41, 5.74) is 7.08. The molecular weight excluding hydrogens is 932 g/mol. The molecule has 52 heavy (non-hydrogen) atoms. The molecule has 0 aromatic heterocycles. The first-order valence-electron chi connectivity index (χ1n) is 15.5. The second-order valence-corrected chi connectivity index (χ2v) is 15.2. The predicted octanol–water partition coefficient (Wildman–Crippen LogP) is 12.2. The normalized spacial score (nSPS) is 11.0. The van der Waals surface area contributed by atoms with Crippen LogP contribution in [0.25, 0.3) is 22.3 Å². The minimum atomic E-state index is -0.787. The molecule has 5 aromatic rings. The molecule has 14 heteroatoms. The van der Waals surface area contributed by atoms with E-state index in [4.69, 9.17) is 9.47 Å². The minimum Gasteiger partial charge on any atom is -0.421 e. The maximum Gasteiger partial charge on any atom is 0.343 e. The number of esters is 2. The van der Waals surface area contributed by atoms with Crippen LogP contribution in [-0.2, 0) is 0 Å². The number of ether oxygens (including phenoxy) is 2. The lowest BCUT2D eigenvalue weighted by atomic mass is 9.88. The molecule has 0 unspecified atom stereocenters. The Morgan fingerprint density at radius 3 is 1.10 bits per heavy atom. The smallest absolute Gasteiger partial charge is 0.343 e. The molecule has 5 rings (SSSR count). The SMILES string of the molecule is Cc1cc(C)c(-c2c(Br)c(OC(=O)c3ccc([N+](=O)[O-])cc3)c(-c3c(C)cc(C)c(Br)c3C)c(Br)c2OC(=O)c2ccc([N+](=O)[O-])cc2)c(C)c1Br. The molecule has 0 atom stereocenters. The van der Waals surface area contributed by atoms with E-state index in [-0.39, 0.29) is 42.9 Å². The van der Waals surface area contributed by atoms with Crippen molar-refractivity contribution in [3.05, 3.63) is 143 Å². The molecule has 0 spiro atoms. The van der Waals surface area contributed by atoms with Crippen LogP contribution in [0.2, 0.25) is 0 Å². The lowest BCUT2D eigenvalue weighted by molar-refractivity contribution is -0.385. The van der Waals surface area contributed by atoms with E-state index in [0.717, 1.165) is 42.3 Å². The van der Waals surface area contributed by atoms with Crippen molar-refractivity contribution < 1.29 is 28.9 Å². The maximum absolute atomic E-state index is 13.9. The van der Waals surface area contributed by atoms with Crippen LogP contribution in [0.3, 0.4) is 0 Å². The Hall–Kier alpha value is -4.24. The number of aryl methyl sites for hydroxylation is 4. The van der Waals surface area contributed by atoms with Gasteiger partial charge in [0.2, 0.25) is 0 Å². The number of hydrogen-bond donors (Lipinski definition) is 0. The van der Waals surface area contributed by atoms with Gasteiger partial charge in [0.05, 0.1) is 29.9 Å². The number of carbonyl (C=O) groups excluding carboxylic acids is 2. The summed E-state index contributed by atoms with van der Waals surface area (Å²) in [6.07, 6.45) is 0. The molecule has 0 saturated heterocycles. The lowest BCUT2D eigenvalue weighted by Crippen LogP contribution is -2.14. The van der Waals surface area contributed by atoms with Gasteiger partial charge in [0.15, 0.2) is 11.5 Å². The van der Waals surface area contributed by atoms with Crippen molar-refractivity contribution in [3.8, 4) is 33.8 Å². The number of nitro benzene ring substituents is 2. The molecule has 0 radical (unpaired) electrons. The van der Waals surface area contributed by atoms with Gasteiger partial charge in [0.25, 0.3) is 11.4 Å². The van der Waals surface area contributed by atoms with Crippen molar-refractivity contribution in [1.82, 2.24) is 0 Å². The molecule has 0 fully saturated rings. The summed E-state index contributed by atoms with van der Waals surface area (Å²) in [6, 6.07) is 14.1. The van der Waals surface area contributed by atoms with E-state index in [2.05, 4.69) is 63.7 Å². The standard InChI is InChI=1S/C38H28Br4N2O8/c1-17-15-19(3)31(39)21(5)27(17)29-33(41)36(52-38(46)24-9-13-26(14-10-24)44(49)50)30(28-18(2)16-20(4)32(40)22(28)6)34(42)35(29)51-37(45)23-7-11-25(12-8-23)43(47)48/h7-16H,1-6H3. The van der Waals surface area contributed by atoms with Gasteiger partial charge in [0, 0.05) is 44.3 Å². The van der Waals surface area contributed by atoms with E-state index in [1.807, 2.05) is 53.7 Å². The Balaban J connectivity index is 1.87. The van der Waals surface area contributed by atoms with Gasteiger partial charge in [-0.15, -0.1) is 0 Å². The van der Waals surface area contributed by atoms with Gasteiger partial charge in [-0.05, 0) is 142 Å². The first-order valence-corrected chi connectivity index (χ1v) is 18.6. The monoisotopic (exact) mass is 956 g/mol. The number of nitrogens with zero attached hydrogens (tertiary/aromatic N) is 2. The quantitative estimate of drug-likeness (QED) is 0.0648. The van der Waals surface area contributed by atoms with Crippen LogP contribution < -0.4 is 9.47 Å². The number of hydrogen-bond acceptors (Lipinski definition) is 8. The molecule has 0 saturated carbocycles. The fourth-order valence-electron chi connectivity index (χ4n) is 6.12. The van der Waals surface area contributed by atoms with Crippen LogP contribution in [0, 0.1) is 61.8 Å². The molecule has 0 aliphatic rings. The number of rotatable bonds is 8. The van der Waals surface area contributed by atoms with Crippen LogP contribution in [0.1, 0.15) is 54.1 Å². The average Bonchev–Trinajstić information content (AvgIpc) is 3.10. The van der Waals surface area contributed by atoms with Gasteiger partial charge in [0.1, 0.15) is 0 Å². The van der Waals surface area contributed by atoms with E-state index in [1.54, 1.807) is 0 Å². The van der Waals surface area contributed by atoms with E-state index < -0.39 is 21.8 Å². The topological polar surface area (TPSA) is 139 Å².